The molecule has 1 fully saturated rings. The Bertz CT molecular complexity index is 443. The van der Waals surface area contributed by atoms with Crippen molar-refractivity contribution in [1.29, 1.82) is 0 Å². The molecule has 2 heterocycles. The predicted octanol–water partition coefficient (Wildman–Crippen LogP) is 2.87. The molecule has 0 unspecified atom stereocenters. The monoisotopic (exact) mass is 304 g/mol. The van der Waals surface area contributed by atoms with Gasteiger partial charge in [0.25, 0.3) is 0 Å². The lowest BCUT2D eigenvalue weighted by Gasteiger charge is -2.45. The Morgan fingerprint density at radius 3 is 1.95 bits per heavy atom. The van der Waals surface area contributed by atoms with Gasteiger partial charge in [0.2, 0.25) is 10.6 Å². The summed E-state index contributed by atoms with van der Waals surface area (Å²) < 4.78 is 5.82. The van der Waals surface area contributed by atoms with Gasteiger partial charge >= 0.3 is 6.01 Å². The first kappa shape index (κ1) is 14.8. The fraction of sp³-hybridized carbons (Fsp3) is 0.750. The van der Waals surface area contributed by atoms with Gasteiger partial charge < -0.3 is 10.1 Å². The van der Waals surface area contributed by atoms with Gasteiger partial charge in [-0.25, -0.2) is 0 Å². The van der Waals surface area contributed by atoms with Crippen molar-refractivity contribution in [2.75, 3.05) is 0 Å². The van der Waals surface area contributed by atoms with E-state index in [1.807, 2.05) is 0 Å². The van der Waals surface area contributed by atoms with Gasteiger partial charge in [-0.15, -0.1) is 0 Å². The summed E-state index contributed by atoms with van der Waals surface area (Å²) in [7, 11) is 0. The lowest BCUT2D eigenvalue weighted by atomic mass is 9.81. The van der Waals surface area contributed by atoms with Gasteiger partial charge in [-0.2, -0.15) is 15.0 Å². The van der Waals surface area contributed by atoms with Crippen molar-refractivity contribution in [2.45, 2.75) is 57.7 Å². The topological polar surface area (TPSA) is 59.9 Å². The summed E-state index contributed by atoms with van der Waals surface area (Å²) in [4.78, 5) is 11.6. The molecule has 1 aromatic rings. The molecule has 0 saturated carbocycles. The number of hydrogen-bond acceptors (Lipinski definition) is 5. The minimum Gasteiger partial charge on any atom is -0.460 e. The molecular formula is C12H18Cl2N4O. The van der Waals surface area contributed by atoms with Crippen molar-refractivity contribution in [2.24, 2.45) is 0 Å². The number of piperidine rings is 1. The molecule has 1 N–H and O–H groups in total. The molecule has 5 nitrogen and oxygen atoms in total. The van der Waals surface area contributed by atoms with Gasteiger partial charge in [-0.3, -0.25) is 0 Å². The number of halogens is 2. The SMILES string of the molecule is CC1(C)CC(Oc2nc(Cl)nc(Cl)n2)CC(C)(C)N1. The second kappa shape index (κ2) is 5.04. The standard InChI is InChI=1S/C12H18Cl2N4O/c1-11(2)5-7(6-12(3,4)18-11)19-10-16-8(13)15-9(14)17-10/h7,18H,5-6H2,1-4H3. The summed E-state index contributed by atoms with van der Waals surface area (Å²) in [6, 6.07) is 0.184. The predicted molar refractivity (Wildman–Crippen MR) is 74.8 cm³/mol. The molecular weight excluding hydrogens is 287 g/mol. The maximum absolute atomic E-state index is 5.82. The van der Waals surface area contributed by atoms with Gasteiger partial charge in [-0.1, -0.05) is 0 Å². The molecule has 106 valence electrons. The van der Waals surface area contributed by atoms with Crippen molar-refractivity contribution in [3.63, 3.8) is 0 Å². The van der Waals surface area contributed by atoms with E-state index in [0.717, 1.165) is 12.8 Å². The summed E-state index contributed by atoms with van der Waals surface area (Å²) in [6.07, 6.45) is 1.73. The number of ether oxygens (including phenoxy) is 1. The Labute approximate surface area is 123 Å². The van der Waals surface area contributed by atoms with Crippen LogP contribution in [-0.4, -0.2) is 32.1 Å². The average molecular weight is 305 g/mol. The highest BCUT2D eigenvalue weighted by Gasteiger charge is 2.39. The van der Waals surface area contributed by atoms with Crippen LogP contribution in [0.1, 0.15) is 40.5 Å². The van der Waals surface area contributed by atoms with Gasteiger partial charge in [0.1, 0.15) is 6.10 Å². The Morgan fingerprint density at radius 2 is 1.47 bits per heavy atom. The molecule has 0 aromatic carbocycles. The lowest BCUT2D eigenvalue weighted by molar-refractivity contribution is 0.0497. The zero-order valence-corrected chi connectivity index (χ0v) is 13.0. The fourth-order valence-corrected chi connectivity index (χ4v) is 3.17. The number of nitrogens with one attached hydrogen (secondary N) is 1. The second-order valence-electron chi connectivity index (χ2n) is 6.20. The summed E-state index contributed by atoms with van der Waals surface area (Å²) in [5.41, 5.74) is -0.0138. The van der Waals surface area contributed by atoms with E-state index < -0.39 is 0 Å². The first-order valence-electron chi connectivity index (χ1n) is 6.18. The highest BCUT2D eigenvalue weighted by molar-refractivity contribution is 6.31. The van der Waals surface area contributed by atoms with E-state index in [4.69, 9.17) is 27.9 Å². The van der Waals surface area contributed by atoms with Crippen molar-refractivity contribution in [1.82, 2.24) is 20.3 Å². The molecule has 0 atom stereocenters. The van der Waals surface area contributed by atoms with Crippen LogP contribution < -0.4 is 10.1 Å². The molecule has 2 rings (SSSR count). The van der Waals surface area contributed by atoms with Crippen LogP contribution in [0.2, 0.25) is 10.6 Å². The van der Waals surface area contributed by atoms with Crippen molar-refractivity contribution in [3.8, 4) is 6.01 Å². The fourth-order valence-electron chi connectivity index (χ4n) is 2.82. The molecule has 0 radical (unpaired) electrons. The van der Waals surface area contributed by atoms with Crippen LogP contribution in [0.25, 0.3) is 0 Å². The van der Waals surface area contributed by atoms with Crippen molar-refractivity contribution in [3.05, 3.63) is 10.6 Å². The molecule has 1 saturated heterocycles. The quantitative estimate of drug-likeness (QED) is 0.910. The Morgan fingerprint density at radius 1 is 1.00 bits per heavy atom. The maximum Gasteiger partial charge on any atom is 0.322 e. The first-order valence-corrected chi connectivity index (χ1v) is 6.94. The smallest absolute Gasteiger partial charge is 0.322 e. The zero-order valence-electron chi connectivity index (χ0n) is 11.5. The van der Waals surface area contributed by atoms with E-state index in [9.17, 15) is 0 Å². The number of aromatic nitrogens is 3. The Balaban J connectivity index is 2.14. The van der Waals surface area contributed by atoms with Crippen LogP contribution in [-0.2, 0) is 0 Å². The van der Waals surface area contributed by atoms with Crippen LogP contribution in [0, 0.1) is 0 Å². The Hall–Kier alpha value is -0.650. The molecule has 0 bridgehead atoms. The van der Waals surface area contributed by atoms with E-state index in [0.29, 0.717) is 0 Å². The van der Waals surface area contributed by atoms with E-state index in [-0.39, 0.29) is 33.8 Å². The Kier molecular flexibility index (Phi) is 3.91. The lowest BCUT2D eigenvalue weighted by Crippen LogP contribution is -2.60. The molecule has 1 aliphatic heterocycles. The molecule has 19 heavy (non-hydrogen) atoms. The minimum absolute atomic E-state index is 0.00691. The molecule has 1 aromatic heterocycles. The van der Waals surface area contributed by atoms with E-state index in [1.54, 1.807) is 0 Å². The van der Waals surface area contributed by atoms with E-state index in [1.165, 1.54) is 0 Å². The number of hydrogen-bond donors (Lipinski definition) is 1. The molecule has 0 spiro atoms. The highest BCUT2D eigenvalue weighted by Crippen LogP contribution is 2.30. The molecule has 0 aliphatic carbocycles. The number of nitrogens with zero attached hydrogens (tertiary/aromatic N) is 3. The van der Waals surface area contributed by atoms with Crippen LogP contribution in [0.3, 0.4) is 0 Å². The van der Waals surface area contributed by atoms with Gasteiger partial charge in [-0.05, 0) is 50.9 Å². The summed E-state index contributed by atoms with van der Waals surface area (Å²) in [5, 5.41) is 3.67. The van der Waals surface area contributed by atoms with Crippen molar-refractivity contribution < 1.29 is 4.74 Å². The van der Waals surface area contributed by atoms with Gasteiger partial charge in [0, 0.05) is 23.9 Å². The third-order valence-electron chi connectivity index (χ3n) is 2.99. The summed E-state index contributed by atoms with van der Waals surface area (Å²) in [6.45, 7) is 8.60. The van der Waals surface area contributed by atoms with Crippen LogP contribution >= 0.6 is 23.2 Å². The first-order chi connectivity index (χ1) is 8.65. The third kappa shape index (κ3) is 4.16. The summed E-state index contributed by atoms with van der Waals surface area (Å²) >= 11 is 11.5. The largest absolute Gasteiger partial charge is 0.460 e. The van der Waals surface area contributed by atoms with Crippen LogP contribution in [0.15, 0.2) is 0 Å². The molecule has 1 aliphatic rings. The van der Waals surface area contributed by atoms with Gasteiger partial charge in [0.05, 0.1) is 0 Å². The highest BCUT2D eigenvalue weighted by atomic mass is 35.5. The summed E-state index contributed by atoms with van der Waals surface area (Å²) in [5.74, 6) is 0. The molecule has 0 amide bonds. The van der Waals surface area contributed by atoms with Crippen molar-refractivity contribution >= 4 is 23.2 Å². The number of rotatable bonds is 2. The minimum atomic E-state index is -0.00691. The van der Waals surface area contributed by atoms with Crippen LogP contribution in [0.4, 0.5) is 0 Å². The van der Waals surface area contributed by atoms with E-state index >= 15 is 0 Å². The normalized spacial score (nSPS) is 22.2. The zero-order chi connectivity index (χ0) is 14.3. The maximum atomic E-state index is 5.82. The van der Waals surface area contributed by atoms with E-state index in [2.05, 4.69) is 48.0 Å². The van der Waals surface area contributed by atoms with Gasteiger partial charge in [0.15, 0.2) is 0 Å². The van der Waals surface area contributed by atoms with Crippen LogP contribution in [0.5, 0.6) is 6.01 Å². The average Bonchev–Trinajstić information content (AvgIpc) is 2.08. The second-order valence-corrected chi connectivity index (χ2v) is 6.87. The molecule has 7 heteroatoms. The third-order valence-corrected chi connectivity index (χ3v) is 3.32.